The monoisotopic (exact) mass is 272 g/mol. The van der Waals surface area contributed by atoms with Gasteiger partial charge in [-0.25, -0.2) is 0 Å². The van der Waals surface area contributed by atoms with E-state index in [4.69, 9.17) is 0 Å². The van der Waals surface area contributed by atoms with E-state index in [1.165, 1.54) is 19.3 Å². The van der Waals surface area contributed by atoms with E-state index in [-0.39, 0.29) is 10.5 Å². The van der Waals surface area contributed by atoms with Gasteiger partial charge in [0.05, 0.1) is 0 Å². The van der Waals surface area contributed by atoms with Gasteiger partial charge >= 0.3 is 0 Å². The summed E-state index contributed by atoms with van der Waals surface area (Å²) in [6, 6.07) is 0. The normalized spacial score (nSPS) is 14.7. The summed E-state index contributed by atoms with van der Waals surface area (Å²) in [5.41, 5.74) is 0.471. The molecule has 0 aliphatic heterocycles. The van der Waals surface area contributed by atoms with Crippen molar-refractivity contribution in [3.05, 3.63) is 10.8 Å². The van der Waals surface area contributed by atoms with Gasteiger partial charge in [0.2, 0.25) is 5.13 Å². The summed E-state index contributed by atoms with van der Waals surface area (Å²) in [6.45, 7) is 6.53. The van der Waals surface area contributed by atoms with Crippen molar-refractivity contribution < 1.29 is 4.39 Å². The van der Waals surface area contributed by atoms with Gasteiger partial charge in [-0.2, -0.15) is 4.39 Å². The molecular formula is C14H25FN2S. The first-order chi connectivity index (χ1) is 8.64. The van der Waals surface area contributed by atoms with E-state index in [1.807, 2.05) is 0 Å². The molecular weight excluding hydrogens is 247 g/mol. The van der Waals surface area contributed by atoms with E-state index in [1.54, 1.807) is 0 Å². The van der Waals surface area contributed by atoms with Crippen molar-refractivity contribution in [1.29, 1.82) is 0 Å². The van der Waals surface area contributed by atoms with Crippen LogP contribution in [-0.4, -0.2) is 9.59 Å². The maximum atomic E-state index is 13.7. The Morgan fingerprint density at radius 1 is 1.06 bits per heavy atom. The third-order valence-electron chi connectivity index (χ3n) is 3.68. The Labute approximate surface area is 114 Å². The number of hydrogen-bond donors (Lipinski definition) is 0. The zero-order chi connectivity index (χ0) is 13.4. The Morgan fingerprint density at radius 2 is 1.72 bits per heavy atom. The first kappa shape index (κ1) is 15.5. The topological polar surface area (TPSA) is 25.8 Å². The zero-order valence-corrected chi connectivity index (χ0v) is 12.7. The van der Waals surface area contributed by atoms with E-state index < -0.39 is 0 Å². The lowest BCUT2D eigenvalue weighted by Crippen LogP contribution is -2.24. The largest absolute Gasteiger partial charge is 0.219 e. The molecule has 104 valence electrons. The Hall–Kier alpha value is -0.510. The lowest BCUT2D eigenvalue weighted by atomic mass is 9.77. The second-order valence-corrected chi connectivity index (χ2v) is 6.07. The van der Waals surface area contributed by atoms with Crippen molar-refractivity contribution in [2.24, 2.45) is 0 Å². The van der Waals surface area contributed by atoms with Crippen molar-refractivity contribution in [2.75, 3.05) is 0 Å². The molecule has 0 radical (unpaired) electrons. The van der Waals surface area contributed by atoms with Gasteiger partial charge in [0, 0.05) is 16.9 Å². The third-order valence-corrected chi connectivity index (χ3v) is 4.20. The first-order valence-corrected chi connectivity index (χ1v) is 7.89. The van der Waals surface area contributed by atoms with Crippen LogP contribution in [-0.2, 0) is 5.41 Å². The van der Waals surface area contributed by atoms with E-state index >= 15 is 0 Å². The van der Waals surface area contributed by atoms with Crippen LogP contribution < -0.4 is 0 Å². The predicted octanol–water partition coefficient (Wildman–Crippen LogP) is 5.10. The average Bonchev–Trinajstić information content (AvgIpc) is 2.79. The second-order valence-electron chi connectivity index (χ2n) is 5.37. The zero-order valence-electron chi connectivity index (χ0n) is 11.8. The molecule has 1 atom stereocenters. The van der Waals surface area contributed by atoms with Crippen LogP contribution in [0.5, 0.6) is 0 Å². The standard InChI is InChI=1S/C14H25FN2S/c1-4-6-8-9-11-14(3,10-7-5-2)12-13(15)18-17-16-12/h4-11H2,1-3H3. The van der Waals surface area contributed by atoms with Gasteiger partial charge in [0.1, 0.15) is 5.69 Å². The molecule has 1 aromatic heterocycles. The molecule has 1 heterocycles. The molecule has 0 fully saturated rings. The number of aromatic nitrogens is 2. The summed E-state index contributed by atoms with van der Waals surface area (Å²) < 4.78 is 17.5. The highest BCUT2D eigenvalue weighted by molar-refractivity contribution is 7.03. The molecule has 1 aromatic rings. The highest BCUT2D eigenvalue weighted by atomic mass is 32.1. The van der Waals surface area contributed by atoms with E-state index in [2.05, 4.69) is 30.4 Å². The lowest BCUT2D eigenvalue weighted by molar-refractivity contribution is 0.347. The molecule has 4 heteroatoms. The Balaban J connectivity index is 2.66. The maximum Gasteiger partial charge on any atom is 0.219 e. The quantitative estimate of drug-likeness (QED) is 0.585. The fourth-order valence-corrected chi connectivity index (χ4v) is 2.98. The summed E-state index contributed by atoms with van der Waals surface area (Å²) in [6.07, 6.45) is 9.20. The second kappa shape index (κ2) is 7.82. The maximum absolute atomic E-state index is 13.7. The van der Waals surface area contributed by atoms with Crippen LogP contribution in [0.3, 0.4) is 0 Å². The number of unbranched alkanes of at least 4 members (excludes halogenated alkanes) is 4. The van der Waals surface area contributed by atoms with Gasteiger partial charge in [-0.15, -0.1) is 5.10 Å². The SMILES string of the molecule is CCCCCCC(C)(CCCC)c1nnsc1F. The minimum Gasteiger partial charge on any atom is -0.191 e. The molecule has 18 heavy (non-hydrogen) atoms. The highest BCUT2D eigenvalue weighted by Gasteiger charge is 2.31. The Bertz CT molecular complexity index is 340. The molecule has 0 saturated carbocycles. The molecule has 1 rings (SSSR count). The van der Waals surface area contributed by atoms with Gasteiger partial charge < -0.3 is 0 Å². The average molecular weight is 272 g/mol. The van der Waals surface area contributed by atoms with Crippen molar-refractivity contribution in [1.82, 2.24) is 9.59 Å². The van der Waals surface area contributed by atoms with Crippen LogP contribution in [0.1, 0.15) is 77.8 Å². The molecule has 0 spiro atoms. The van der Waals surface area contributed by atoms with Crippen LogP contribution in [0.25, 0.3) is 0 Å². The fraction of sp³-hybridized carbons (Fsp3) is 0.857. The molecule has 0 aromatic carbocycles. The van der Waals surface area contributed by atoms with E-state index in [0.29, 0.717) is 5.69 Å². The number of rotatable bonds is 9. The molecule has 0 aliphatic carbocycles. The minimum atomic E-state index is -0.191. The van der Waals surface area contributed by atoms with Crippen molar-refractivity contribution in [2.45, 2.75) is 77.6 Å². The van der Waals surface area contributed by atoms with Gasteiger partial charge in [-0.1, -0.05) is 63.8 Å². The van der Waals surface area contributed by atoms with Crippen LogP contribution in [0, 0.1) is 5.13 Å². The van der Waals surface area contributed by atoms with Crippen molar-refractivity contribution in [3.63, 3.8) is 0 Å². The summed E-state index contributed by atoms with van der Waals surface area (Å²) in [5, 5.41) is 3.84. The lowest BCUT2D eigenvalue weighted by Gasteiger charge is -2.27. The molecule has 2 nitrogen and oxygen atoms in total. The Kier molecular flexibility index (Phi) is 6.76. The van der Waals surface area contributed by atoms with Crippen LogP contribution in [0.15, 0.2) is 0 Å². The third kappa shape index (κ3) is 4.30. The Morgan fingerprint density at radius 3 is 2.28 bits per heavy atom. The molecule has 0 bridgehead atoms. The van der Waals surface area contributed by atoms with E-state index in [0.717, 1.165) is 43.6 Å². The predicted molar refractivity (Wildman–Crippen MR) is 75.5 cm³/mol. The van der Waals surface area contributed by atoms with Crippen molar-refractivity contribution in [3.8, 4) is 0 Å². The molecule has 0 aliphatic rings. The van der Waals surface area contributed by atoms with Gasteiger partial charge in [0.15, 0.2) is 0 Å². The fourth-order valence-electron chi connectivity index (χ4n) is 2.41. The molecule has 1 unspecified atom stereocenters. The summed E-state index contributed by atoms with van der Waals surface area (Å²) in [5.74, 6) is 0. The van der Waals surface area contributed by atoms with Gasteiger partial charge in [-0.3, -0.25) is 0 Å². The smallest absolute Gasteiger partial charge is 0.191 e. The minimum absolute atomic E-state index is 0.124. The van der Waals surface area contributed by atoms with Crippen LogP contribution >= 0.6 is 11.5 Å². The van der Waals surface area contributed by atoms with Gasteiger partial charge in [-0.05, 0) is 12.8 Å². The first-order valence-electron chi connectivity index (χ1n) is 7.12. The number of nitrogens with zero attached hydrogens (tertiary/aromatic N) is 2. The molecule has 0 N–H and O–H groups in total. The number of hydrogen-bond acceptors (Lipinski definition) is 3. The highest BCUT2D eigenvalue weighted by Crippen LogP contribution is 2.36. The molecule has 0 saturated heterocycles. The summed E-state index contributed by atoms with van der Waals surface area (Å²) in [7, 11) is 0. The number of halogens is 1. The van der Waals surface area contributed by atoms with Crippen LogP contribution in [0.4, 0.5) is 4.39 Å². The summed E-state index contributed by atoms with van der Waals surface area (Å²) >= 11 is 0.881. The summed E-state index contributed by atoms with van der Waals surface area (Å²) in [4.78, 5) is 0. The van der Waals surface area contributed by atoms with Crippen molar-refractivity contribution >= 4 is 11.5 Å². The van der Waals surface area contributed by atoms with E-state index in [9.17, 15) is 4.39 Å². The van der Waals surface area contributed by atoms with Crippen LogP contribution in [0.2, 0.25) is 0 Å². The van der Waals surface area contributed by atoms with Gasteiger partial charge in [0.25, 0.3) is 0 Å². The molecule has 0 amide bonds.